The Hall–Kier alpha value is -1.82. The first kappa shape index (κ1) is 18.5. The monoisotopic (exact) mass is 393 g/mol. The van der Waals surface area contributed by atoms with Crippen molar-refractivity contribution in [3.63, 3.8) is 0 Å². The van der Waals surface area contributed by atoms with Crippen molar-refractivity contribution in [1.29, 1.82) is 0 Å². The lowest BCUT2D eigenvalue weighted by Gasteiger charge is -2.27. The Morgan fingerprint density at radius 1 is 1.29 bits per heavy atom. The van der Waals surface area contributed by atoms with Gasteiger partial charge in [-0.3, -0.25) is 9.58 Å². The van der Waals surface area contributed by atoms with Gasteiger partial charge in [0.15, 0.2) is 0 Å². The van der Waals surface area contributed by atoms with Crippen LogP contribution in [-0.4, -0.2) is 26.4 Å². The third-order valence-corrected chi connectivity index (χ3v) is 4.20. The van der Waals surface area contributed by atoms with E-state index in [4.69, 9.17) is 4.74 Å². The molecule has 2 rings (SSSR count). The molecule has 0 spiro atoms. The minimum atomic E-state index is -0.536. The first-order valence-corrected chi connectivity index (χ1v) is 8.66. The van der Waals surface area contributed by atoms with Gasteiger partial charge in [0.2, 0.25) is 0 Å². The Labute approximate surface area is 151 Å². The summed E-state index contributed by atoms with van der Waals surface area (Å²) in [5, 5.41) is 4.35. The summed E-state index contributed by atoms with van der Waals surface area (Å²) in [7, 11) is 1.88. The number of aryl methyl sites for hydroxylation is 2. The molecule has 1 aromatic heterocycles. The van der Waals surface area contributed by atoms with E-state index in [9.17, 15) is 4.79 Å². The van der Waals surface area contributed by atoms with Crippen LogP contribution in [0.2, 0.25) is 0 Å². The Kier molecular flexibility index (Phi) is 5.70. The van der Waals surface area contributed by atoms with Gasteiger partial charge in [0.25, 0.3) is 0 Å². The summed E-state index contributed by atoms with van der Waals surface area (Å²) >= 11 is 3.54. The van der Waals surface area contributed by atoms with E-state index in [1.807, 2.05) is 65.1 Å². The molecule has 1 aromatic carbocycles. The number of aromatic nitrogens is 2. The predicted octanol–water partition coefficient (Wildman–Crippen LogP) is 4.43. The van der Waals surface area contributed by atoms with Gasteiger partial charge in [0, 0.05) is 11.5 Å². The van der Waals surface area contributed by atoms with Crippen molar-refractivity contribution in [3.8, 4) is 0 Å². The Bertz CT molecular complexity index is 719. The van der Waals surface area contributed by atoms with Crippen molar-refractivity contribution >= 4 is 22.0 Å². The zero-order chi connectivity index (χ0) is 17.9. The quantitative estimate of drug-likeness (QED) is 0.771. The first-order chi connectivity index (χ1) is 11.2. The standard InChI is InChI=1S/C18H24BrN3O2/c1-13-10-15(21(5)20-13)12-22(17(23)24-18(2,3)4)11-14-8-6-7-9-16(14)19/h6-10H,11-12H2,1-5H3. The molecule has 0 fully saturated rings. The normalized spacial score (nSPS) is 11.4. The molecule has 0 N–H and O–H groups in total. The van der Waals surface area contributed by atoms with E-state index in [2.05, 4.69) is 21.0 Å². The van der Waals surface area contributed by atoms with E-state index in [1.54, 1.807) is 9.58 Å². The van der Waals surface area contributed by atoms with Crippen LogP contribution in [0.5, 0.6) is 0 Å². The maximum absolute atomic E-state index is 12.7. The number of hydrogen-bond acceptors (Lipinski definition) is 3. The van der Waals surface area contributed by atoms with Gasteiger partial charge in [0.05, 0.1) is 24.5 Å². The number of carbonyl (C=O) groups is 1. The Balaban J connectivity index is 2.25. The summed E-state index contributed by atoms with van der Waals surface area (Å²) in [6.45, 7) is 8.45. The van der Waals surface area contributed by atoms with Crippen LogP contribution in [0.1, 0.15) is 37.7 Å². The van der Waals surface area contributed by atoms with E-state index >= 15 is 0 Å². The smallest absolute Gasteiger partial charge is 0.410 e. The zero-order valence-electron chi connectivity index (χ0n) is 14.8. The van der Waals surface area contributed by atoms with Crippen molar-refractivity contribution in [2.75, 3.05) is 0 Å². The predicted molar refractivity (Wildman–Crippen MR) is 97.6 cm³/mol. The van der Waals surface area contributed by atoms with Gasteiger partial charge in [-0.05, 0) is 45.4 Å². The second-order valence-electron chi connectivity index (χ2n) is 6.83. The highest BCUT2D eigenvalue weighted by molar-refractivity contribution is 9.10. The number of halogens is 1. The van der Waals surface area contributed by atoms with Gasteiger partial charge in [0.1, 0.15) is 5.60 Å². The lowest BCUT2D eigenvalue weighted by atomic mass is 10.2. The van der Waals surface area contributed by atoms with E-state index < -0.39 is 5.60 Å². The van der Waals surface area contributed by atoms with Crippen LogP contribution in [0.3, 0.4) is 0 Å². The summed E-state index contributed by atoms with van der Waals surface area (Å²) in [5.74, 6) is 0. The molecule has 0 bridgehead atoms. The van der Waals surface area contributed by atoms with Crippen LogP contribution >= 0.6 is 15.9 Å². The number of hydrogen-bond donors (Lipinski definition) is 0. The Morgan fingerprint density at radius 2 is 1.96 bits per heavy atom. The highest BCUT2D eigenvalue weighted by atomic mass is 79.9. The minimum Gasteiger partial charge on any atom is -0.444 e. The third kappa shape index (κ3) is 5.09. The SMILES string of the molecule is Cc1cc(CN(Cc2ccccc2Br)C(=O)OC(C)(C)C)n(C)n1. The molecule has 0 saturated heterocycles. The lowest BCUT2D eigenvalue weighted by molar-refractivity contribution is 0.0211. The third-order valence-electron chi connectivity index (χ3n) is 3.42. The van der Waals surface area contributed by atoms with Crippen LogP contribution in [0.4, 0.5) is 4.79 Å². The molecule has 2 aromatic rings. The second-order valence-corrected chi connectivity index (χ2v) is 7.68. The summed E-state index contributed by atoms with van der Waals surface area (Å²) in [5.41, 5.74) is 2.39. The van der Waals surface area contributed by atoms with Crippen LogP contribution in [-0.2, 0) is 24.9 Å². The van der Waals surface area contributed by atoms with Crippen molar-refractivity contribution in [2.45, 2.75) is 46.4 Å². The van der Waals surface area contributed by atoms with Crippen molar-refractivity contribution in [2.24, 2.45) is 7.05 Å². The van der Waals surface area contributed by atoms with Gasteiger partial charge in [-0.1, -0.05) is 34.1 Å². The largest absolute Gasteiger partial charge is 0.444 e. The van der Waals surface area contributed by atoms with E-state index in [0.29, 0.717) is 13.1 Å². The number of ether oxygens (including phenoxy) is 1. The van der Waals surface area contributed by atoms with Gasteiger partial charge >= 0.3 is 6.09 Å². The van der Waals surface area contributed by atoms with E-state index in [0.717, 1.165) is 21.4 Å². The van der Waals surface area contributed by atoms with Crippen LogP contribution in [0.25, 0.3) is 0 Å². The molecule has 0 unspecified atom stereocenters. The molecule has 0 aliphatic rings. The fourth-order valence-electron chi connectivity index (χ4n) is 2.35. The Morgan fingerprint density at radius 3 is 2.50 bits per heavy atom. The number of rotatable bonds is 4. The van der Waals surface area contributed by atoms with Gasteiger partial charge in [-0.2, -0.15) is 5.10 Å². The summed E-state index contributed by atoms with van der Waals surface area (Å²) in [6, 6.07) is 9.86. The van der Waals surface area contributed by atoms with Crippen LogP contribution in [0, 0.1) is 6.92 Å². The maximum Gasteiger partial charge on any atom is 0.410 e. The molecular formula is C18H24BrN3O2. The van der Waals surface area contributed by atoms with Crippen molar-refractivity contribution in [1.82, 2.24) is 14.7 Å². The molecule has 6 heteroatoms. The molecule has 1 heterocycles. The molecule has 1 amide bonds. The molecule has 0 aliphatic carbocycles. The molecule has 0 radical (unpaired) electrons. The molecule has 0 saturated carbocycles. The number of carbonyl (C=O) groups excluding carboxylic acids is 1. The molecule has 5 nitrogen and oxygen atoms in total. The second kappa shape index (κ2) is 7.38. The molecule has 0 atom stereocenters. The average molecular weight is 394 g/mol. The van der Waals surface area contributed by atoms with Crippen LogP contribution < -0.4 is 0 Å². The van der Waals surface area contributed by atoms with Gasteiger partial charge < -0.3 is 4.74 Å². The summed E-state index contributed by atoms with van der Waals surface area (Å²) in [4.78, 5) is 14.4. The molecule has 0 aliphatic heterocycles. The average Bonchev–Trinajstić information content (AvgIpc) is 2.76. The first-order valence-electron chi connectivity index (χ1n) is 7.86. The number of benzene rings is 1. The molecule has 24 heavy (non-hydrogen) atoms. The van der Waals surface area contributed by atoms with Gasteiger partial charge in [-0.15, -0.1) is 0 Å². The highest BCUT2D eigenvalue weighted by Gasteiger charge is 2.24. The number of amides is 1. The fraction of sp³-hybridized carbons (Fsp3) is 0.444. The van der Waals surface area contributed by atoms with Crippen molar-refractivity contribution < 1.29 is 9.53 Å². The number of nitrogens with zero attached hydrogens (tertiary/aromatic N) is 3. The summed E-state index contributed by atoms with van der Waals surface area (Å²) in [6.07, 6.45) is -0.336. The van der Waals surface area contributed by atoms with E-state index in [-0.39, 0.29) is 6.09 Å². The van der Waals surface area contributed by atoms with Crippen LogP contribution in [0.15, 0.2) is 34.8 Å². The van der Waals surface area contributed by atoms with Crippen molar-refractivity contribution in [3.05, 3.63) is 51.8 Å². The lowest BCUT2D eigenvalue weighted by Crippen LogP contribution is -2.36. The molecular weight excluding hydrogens is 370 g/mol. The zero-order valence-corrected chi connectivity index (χ0v) is 16.4. The molecule has 130 valence electrons. The minimum absolute atomic E-state index is 0.336. The summed E-state index contributed by atoms with van der Waals surface area (Å²) < 4.78 is 8.34. The topological polar surface area (TPSA) is 47.4 Å². The fourth-order valence-corrected chi connectivity index (χ4v) is 2.76. The van der Waals surface area contributed by atoms with Gasteiger partial charge in [-0.25, -0.2) is 4.79 Å². The highest BCUT2D eigenvalue weighted by Crippen LogP contribution is 2.21. The van der Waals surface area contributed by atoms with E-state index in [1.165, 1.54) is 0 Å². The maximum atomic E-state index is 12.7.